The first-order valence-electron chi connectivity index (χ1n) is 8.28. The van der Waals surface area contributed by atoms with Crippen LogP contribution in [0.5, 0.6) is 0 Å². The van der Waals surface area contributed by atoms with Crippen molar-refractivity contribution >= 4 is 23.2 Å². The standard InChI is InChI=1S/C22H16N2OS/c25-20(21-12-7-15-26-21)14-13-18-16-24(19-10-5-2-6-11-19)23-22(18)17-8-3-1-4-9-17/h1-16H. The van der Waals surface area contributed by atoms with E-state index < -0.39 is 0 Å². The average Bonchev–Trinajstić information content (AvgIpc) is 3.38. The number of aromatic nitrogens is 2. The van der Waals surface area contributed by atoms with Crippen molar-refractivity contribution in [2.24, 2.45) is 0 Å². The lowest BCUT2D eigenvalue weighted by atomic mass is 10.1. The van der Waals surface area contributed by atoms with Gasteiger partial charge in [0.15, 0.2) is 5.78 Å². The molecule has 4 aromatic rings. The summed E-state index contributed by atoms with van der Waals surface area (Å²) in [4.78, 5) is 13.0. The third-order valence-electron chi connectivity index (χ3n) is 3.99. The second kappa shape index (κ2) is 7.33. The molecule has 26 heavy (non-hydrogen) atoms. The number of allylic oxidation sites excluding steroid dienone is 1. The van der Waals surface area contributed by atoms with Gasteiger partial charge in [-0.3, -0.25) is 4.79 Å². The van der Waals surface area contributed by atoms with E-state index in [1.807, 2.05) is 95.1 Å². The van der Waals surface area contributed by atoms with E-state index >= 15 is 0 Å². The minimum absolute atomic E-state index is 0.00599. The maximum absolute atomic E-state index is 12.3. The van der Waals surface area contributed by atoms with Gasteiger partial charge in [-0.1, -0.05) is 54.6 Å². The highest BCUT2D eigenvalue weighted by Crippen LogP contribution is 2.25. The van der Waals surface area contributed by atoms with Crippen molar-refractivity contribution in [1.29, 1.82) is 0 Å². The summed E-state index contributed by atoms with van der Waals surface area (Å²) < 4.78 is 1.84. The molecule has 0 unspecified atom stereocenters. The van der Waals surface area contributed by atoms with Crippen molar-refractivity contribution in [2.45, 2.75) is 0 Å². The molecule has 4 heteroatoms. The molecule has 0 bridgehead atoms. The fourth-order valence-electron chi connectivity index (χ4n) is 2.71. The summed E-state index contributed by atoms with van der Waals surface area (Å²) in [5.41, 5.74) is 3.76. The van der Waals surface area contributed by atoms with Crippen LogP contribution >= 0.6 is 11.3 Å². The predicted molar refractivity (Wildman–Crippen MR) is 107 cm³/mol. The van der Waals surface area contributed by atoms with Gasteiger partial charge in [0.2, 0.25) is 0 Å². The molecule has 0 saturated carbocycles. The van der Waals surface area contributed by atoms with Gasteiger partial charge in [-0.25, -0.2) is 4.68 Å². The zero-order valence-electron chi connectivity index (χ0n) is 13.9. The number of rotatable bonds is 5. The number of hydrogen-bond donors (Lipinski definition) is 0. The number of para-hydroxylation sites is 1. The largest absolute Gasteiger partial charge is 0.288 e. The van der Waals surface area contributed by atoms with Gasteiger partial charge in [-0.2, -0.15) is 5.10 Å². The Kier molecular flexibility index (Phi) is 4.58. The van der Waals surface area contributed by atoms with E-state index in [9.17, 15) is 4.79 Å². The first-order chi connectivity index (χ1) is 12.8. The molecule has 0 N–H and O–H groups in total. The van der Waals surface area contributed by atoms with Crippen LogP contribution in [-0.4, -0.2) is 15.6 Å². The minimum Gasteiger partial charge on any atom is -0.288 e. The zero-order chi connectivity index (χ0) is 17.8. The minimum atomic E-state index is 0.00599. The van der Waals surface area contributed by atoms with Gasteiger partial charge in [-0.05, 0) is 35.7 Å². The summed E-state index contributed by atoms with van der Waals surface area (Å²) in [6, 6.07) is 23.7. The second-order valence-corrected chi connectivity index (χ2v) is 6.70. The summed E-state index contributed by atoms with van der Waals surface area (Å²) in [5.74, 6) is 0.00599. The number of thiophene rings is 1. The number of ketones is 1. The maximum Gasteiger partial charge on any atom is 0.195 e. The molecule has 0 aliphatic rings. The van der Waals surface area contributed by atoms with Crippen molar-refractivity contribution in [1.82, 2.24) is 9.78 Å². The van der Waals surface area contributed by atoms with Crippen LogP contribution in [0.1, 0.15) is 15.2 Å². The highest BCUT2D eigenvalue weighted by molar-refractivity contribution is 7.12. The smallest absolute Gasteiger partial charge is 0.195 e. The van der Waals surface area contributed by atoms with Crippen molar-refractivity contribution in [2.75, 3.05) is 0 Å². The molecule has 0 aliphatic carbocycles. The molecular weight excluding hydrogens is 340 g/mol. The Balaban J connectivity index is 1.74. The quantitative estimate of drug-likeness (QED) is 0.350. The van der Waals surface area contributed by atoms with E-state index in [1.54, 1.807) is 6.08 Å². The molecule has 0 atom stereocenters. The normalized spacial score (nSPS) is 11.1. The first-order valence-corrected chi connectivity index (χ1v) is 9.16. The van der Waals surface area contributed by atoms with Crippen LogP contribution in [-0.2, 0) is 0 Å². The maximum atomic E-state index is 12.3. The first kappa shape index (κ1) is 16.2. The third-order valence-corrected chi connectivity index (χ3v) is 4.87. The molecule has 0 saturated heterocycles. The summed E-state index contributed by atoms with van der Waals surface area (Å²) >= 11 is 1.45. The SMILES string of the molecule is O=C(C=Cc1cn(-c2ccccc2)nc1-c1ccccc1)c1cccs1. The molecule has 3 nitrogen and oxygen atoms in total. The number of carbonyl (C=O) groups excluding carboxylic acids is 1. The van der Waals surface area contributed by atoms with Gasteiger partial charge in [-0.15, -0.1) is 11.3 Å². The lowest BCUT2D eigenvalue weighted by Gasteiger charge is -2.00. The molecule has 2 aromatic carbocycles. The molecule has 0 spiro atoms. The van der Waals surface area contributed by atoms with Gasteiger partial charge in [0.1, 0.15) is 0 Å². The van der Waals surface area contributed by atoms with Crippen LogP contribution in [0, 0.1) is 0 Å². The molecule has 126 valence electrons. The molecule has 0 radical (unpaired) electrons. The Morgan fingerprint density at radius 2 is 1.65 bits per heavy atom. The molecule has 2 aromatic heterocycles. The molecule has 2 heterocycles. The van der Waals surface area contributed by atoms with Crippen LogP contribution < -0.4 is 0 Å². The van der Waals surface area contributed by atoms with Crippen LogP contribution in [0.25, 0.3) is 23.0 Å². The Bertz CT molecular complexity index is 1030. The Morgan fingerprint density at radius 3 is 2.35 bits per heavy atom. The van der Waals surface area contributed by atoms with E-state index in [4.69, 9.17) is 5.10 Å². The number of carbonyl (C=O) groups is 1. The monoisotopic (exact) mass is 356 g/mol. The lowest BCUT2D eigenvalue weighted by molar-refractivity contribution is 0.105. The highest BCUT2D eigenvalue weighted by atomic mass is 32.1. The van der Waals surface area contributed by atoms with Crippen molar-refractivity contribution < 1.29 is 4.79 Å². The predicted octanol–water partition coefficient (Wildman–Crippen LogP) is 5.50. The lowest BCUT2D eigenvalue weighted by Crippen LogP contribution is -1.93. The third kappa shape index (κ3) is 3.41. The molecule has 0 amide bonds. The zero-order valence-corrected chi connectivity index (χ0v) is 14.8. The molecule has 0 aliphatic heterocycles. The van der Waals surface area contributed by atoms with Crippen molar-refractivity contribution in [3.05, 3.63) is 101 Å². The van der Waals surface area contributed by atoms with E-state index in [-0.39, 0.29) is 5.78 Å². The van der Waals surface area contributed by atoms with E-state index in [1.165, 1.54) is 11.3 Å². The van der Waals surface area contributed by atoms with Crippen LogP contribution in [0.15, 0.2) is 90.4 Å². The van der Waals surface area contributed by atoms with Crippen LogP contribution in [0.2, 0.25) is 0 Å². The second-order valence-electron chi connectivity index (χ2n) is 5.75. The van der Waals surface area contributed by atoms with Crippen LogP contribution in [0.4, 0.5) is 0 Å². The Morgan fingerprint density at radius 1 is 0.923 bits per heavy atom. The van der Waals surface area contributed by atoms with E-state index in [0.29, 0.717) is 0 Å². The average molecular weight is 356 g/mol. The van der Waals surface area contributed by atoms with Crippen molar-refractivity contribution in [3.63, 3.8) is 0 Å². The van der Waals surface area contributed by atoms with E-state index in [2.05, 4.69) is 0 Å². The van der Waals surface area contributed by atoms with Gasteiger partial charge in [0.05, 0.1) is 16.3 Å². The molecular formula is C22H16N2OS. The van der Waals surface area contributed by atoms with Crippen molar-refractivity contribution in [3.8, 4) is 16.9 Å². The topological polar surface area (TPSA) is 34.9 Å². The number of hydrogen-bond acceptors (Lipinski definition) is 3. The van der Waals surface area contributed by atoms with E-state index in [0.717, 1.165) is 27.4 Å². The summed E-state index contributed by atoms with van der Waals surface area (Å²) in [5, 5.41) is 6.65. The van der Waals surface area contributed by atoms with Gasteiger partial charge in [0, 0.05) is 17.3 Å². The van der Waals surface area contributed by atoms with Gasteiger partial charge in [0.25, 0.3) is 0 Å². The van der Waals surface area contributed by atoms with Crippen LogP contribution in [0.3, 0.4) is 0 Å². The fraction of sp³-hybridized carbons (Fsp3) is 0. The molecule has 0 fully saturated rings. The Labute approximate surface area is 155 Å². The number of nitrogens with zero attached hydrogens (tertiary/aromatic N) is 2. The summed E-state index contributed by atoms with van der Waals surface area (Å²) in [6.07, 6.45) is 5.41. The highest BCUT2D eigenvalue weighted by Gasteiger charge is 2.11. The fourth-order valence-corrected chi connectivity index (χ4v) is 3.35. The Hall–Kier alpha value is -3.24. The summed E-state index contributed by atoms with van der Waals surface area (Å²) in [6.45, 7) is 0. The van der Waals surface area contributed by atoms with Gasteiger partial charge < -0.3 is 0 Å². The number of benzene rings is 2. The van der Waals surface area contributed by atoms with Gasteiger partial charge >= 0.3 is 0 Å². The summed E-state index contributed by atoms with van der Waals surface area (Å²) in [7, 11) is 0. The molecule has 4 rings (SSSR count).